The van der Waals surface area contributed by atoms with E-state index in [1.54, 1.807) is 0 Å². The van der Waals surface area contributed by atoms with Crippen LogP contribution in [0, 0.1) is 19.8 Å². The number of hydrogen-bond acceptors (Lipinski definition) is 4. The molecule has 2 fully saturated rings. The van der Waals surface area contributed by atoms with Gasteiger partial charge in [-0.05, 0) is 50.3 Å². The number of carbonyl (C=O) groups is 1. The molecular formula is C21H26BrN3O2. The molecule has 0 amide bonds. The van der Waals surface area contributed by atoms with E-state index in [-0.39, 0.29) is 18.2 Å². The van der Waals surface area contributed by atoms with Gasteiger partial charge in [0.2, 0.25) is 0 Å². The van der Waals surface area contributed by atoms with E-state index < -0.39 is 0 Å². The molecule has 144 valence electrons. The second kappa shape index (κ2) is 7.87. The number of aryl methyl sites for hydroxylation is 1. The standard InChI is InChI=1S/C21H26BrN3O2/c1-12-17(19(26)15-9-6-10-16(22)11-15)13(2)23-18(12)21-25-24-20(27-21)14-7-4-3-5-8-14/h6,9-11,14,20-21,23-25H,3-5,7-8H2,1-2H3. The SMILES string of the molecule is Cc1[nH]c(C2NNC(C3CCCCC3)O2)c(C)c1C(=O)c1cccc(Br)c1. The van der Waals surface area contributed by atoms with Crippen molar-refractivity contribution in [2.24, 2.45) is 5.92 Å². The van der Waals surface area contributed by atoms with E-state index >= 15 is 0 Å². The Hall–Kier alpha value is -1.47. The highest BCUT2D eigenvalue weighted by atomic mass is 79.9. The monoisotopic (exact) mass is 431 g/mol. The van der Waals surface area contributed by atoms with E-state index in [0.717, 1.165) is 27.0 Å². The normalized spacial score (nSPS) is 23.7. The molecule has 2 atom stereocenters. The maximum Gasteiger partial charge on any atom is 0.195 e. The van der Waals surface area contributed by atoms with E-state index in [2.05, 4.69) is 31.8 Å². The molecule has 3 N–H and O–H groups in total. The van der Waals surface area contributed by atoms with E-state index in [9.17, 15) is 4.79 Å². The number of H-pyrrole nitrogens is 1. The molecule has 2 heterocycles. The van der Waals surface area contributed by atoms with Gasteiger partial charge in [-0.15, -0.1) is 0 Å². The number of nitrogens with one attached hydrogen (secondary N) is 3. The third kappa shape index (κ3) is 3.76. The lowest BCUT2D eigenvalue weighted by Crippen LogP contribution is -2.37. The molecule has 1 aliphatic carbocycles. The second-order valence-corrected chi connectivity index (χ2v) is 8.54. The Labute approximate surface area is 168 Å². The molecule has 1 saturated carbocycles. The van der Waals surface area contributed by atoms with E-state index in [1.807, 2.05) is 38.1 Å². The summed E-state index contributed by atoms with van der Waals surface area (Å²) in [5, 5.41) is 0. The van der Waals surface area contributed by atoms with Gasteiger partial charge >= 0.3 is 0 Å². The third-order valence-corrected chi connectivity index (χ3v) is 6.26. The Morgan fingerprint density at radius 3 is 2.67 bits per heavy atom. The minimum atomic E-state index is -0.264. The first-order valence-electron chi connectivity index (χ1n) is 9.70. The van der Waals surface area contributed by atoms with Gasteiger partial charge in [-0.2, -0.15) is 0 Å². The summed E-state index contributed by atoms with van der Waals surface area (Å²) in [5.74, 6) is 0.582. The fourth-order valence-electron chi connectivity index (χ4n) is 4.33. The Morgan fingerprint density at radius 1 is 1.15 bits per heavy atom. The largest absolute Gasteiger partial charge is 0.358 e. The van der Waals surface area contributed by atoms with Crippen molar-refractivity contribution in [1.29, 1.82) is 0 Å². The van der Waals surface area contributed by atoms with Crippen molar-refractivity contribution in [2.75, 3.05) is 0 Å². The zero-order valence-corrected chi connectivity index (χ0v) is 17.4. The lowest BCUT2D eigenvalue weighted by molar-refractivity contribution is -0.0113. The number of aromatic nitrogens is 1. The van der Waals surface area contributed by atoms with E-state index in [1.165, 1.54) is 32.1 Å². The highest BCUT2D eigenvalue weighted by molar-refractivity contribution is 9.10. The molecule has 2 aromatic rings. The summed E-state index contributed by atoms with van der Waals surface area (Å²) in [7, 11) is 0. The minimum Gasteiger partial charge on any atom is -0.358 e. The minimum absolute atomic E-state index is 0.0301. The molecule has 2 unspecified atom stereocenters. The van der Waals surface area contributed by atoms with Gasteiger partial charge in [0.1, 0.15) is 6.23 Å². The number of aromatic amines is 1. The number of hydrazine groups is 1. The molecule has 27 heavy (non-hydrogen) atoms. The summed E-state index contributed by atoms with van der Waals surface area (Å²) in [4.78, 5) is 16.4. The molecule has 1 saturated heterocycles. The summed E-state index contributed by atoms with van der Waals surface area (Å²) >= 11 is 3.45. The van der Waals surface area contributed by atoms with E-state index in [0.29, 0.717) is 11.5 Å². The number of benzene rings is 1. The molecule has 1 aromatic carbocycles. The summed E-state index contributed by atoms with van der Waals surface area (Å²) in [6.07, 6.45) is 6.08. The van der Waals surface area contributed by atoms with Crippen molar-refractivity contribution < 1.29 is 9.53 Å². The van der Waals surface area contributed by atoms with Crippen molar-refractivity contribution in [3.8, 4) is 0 Å². The Morgan fingerprint density at radius 2 is 1.93 bits per heavy atom. The molecular weight excluding hydrogens is 406 g/mol. The number of ketones is 1. The number of rotatable bonds is 4. The first kappa shape index (κ1) is 18.9. The van der Waals surface area contributed by atoms with Crippen LogP contribution in [0.4, 0.5) is 0 Å². The van der Waals surface area contributed by atoms with Crippen LogP contribution in [-0.2, 0) is 4.74 Å². The average molecular weight is 432 g/mol. The molecule has 1 aliphatic heterocycles. The maximum atomic E-state index is 13.1. The summed E-state index contributed by atoms with van der Waals surface area (Å²) in [6, 6.07) is 7.52. The second-order valence-electron chi connectivity index (χ2n) is 7.63. The lowest BCUT2D eigenvalue weighted by atomic mass is 9.88. The van der Waals surface area contributed by atoms with Gasteiger partial charge < -0.3 is 9.72 Å². The third-order valence-electron chi connectivity index (χ3n) is 5.77. The fourth-order valence-corrected chi connectivity index (χ4v) is 4.73. The summed E-state index contributed by atoms with van der Waals surface area (Å²) < 4.78 is 7.17. The predicted octanol–water partition coefficient (Wildman–Crippen LogP) is 4.65. The van der Waals surface area contributed by atoms with Gasteiger partial charge in [0.15, 0.2) is 12.0 Å². The first-order chi connectivity index (χ1) is 13.0. The number of hydrogen-bond donors (Lipinski definition) is 3. The topological polar surface area (TPSA) is 66.2 Å². The highest BCUT2D eigenvalue weighted by Crippen LogP contribution is 2.33. The van der Waals surface area contributed by atoms with Crippen molar-refractivity contribution in [3.05, 3.63) is 56.8 Å². The smallest absolute Gasteiger partial charge is 0.195 e. The maximum absolute atomic E-state index is 13.1. The van der Waals surface area contributed by atoms with Crippen LogP contribution in [0.5, 0.6) is 0 Å². The van der Waals surface area contributed by atoms with Gasteiger partial charge in [0, 0.05) is 21.3 Å². The number of carbonyl (C=O) groups excluding carboxylic acids is 1. The van der Waals surface area contributed by atoms with Gasteiger partial charge in [-0.3, -0.25) is 4.79 Å². The molecule has 0 spiro atoms. The predicted molar refractivity (Wildman–Crippen MR) is 108 cm³/mol. The van der Waals surface area contributed by atoms with Gasteiger partial charge in [-0.25, -0.2) is 10.9 Å². The summed E-state index contributed by atoms with van der Waals surface area (Å²) in [6.45, 7) is 3.94. The Balaban J connectivity index is 1.55. The molecule has 0 radical (unpaired) electrons. The molecule has 4 rings (SSSR count). The zero-order valence-electron chi connectivity index (χ0n) is 15.8. The molecule has 0 bridgehead atoms. The fraction of sp³-hybridized carbons (Fsp3) is 0.476. The average Bonchev–Trinajstić information content (AvgIpc) is 3.27. The van der Waals surface area contributed by atoms with Gasteiger partial charge in [0.25, 0.3) is 0 Å². The number of halogens is 1. The van der Waals surface area contributed by atoms with Gasteiger partial charge in [-0.1, -0.05) is 47.3 Å². The van der Waals surface area contributed by atoms with Crippen LogP contribution in [0.15, 0.2) is 28.7 Å². The van der Waals surface area contributed by atoms with Crippen molar-refractivity contribution in [1.82, 2.24) is 15.8 Å². The van der Waals surface area contributed by atoms with Crippen LogP contribution in [0.3, 0.4) is 0 Å². The van der Waals surface area contributed by atoms with Gasteiger partial charge in [0.05, 0.1) is 5.69 Å². The molecule has 2 aliphatic rings. The van der Waals surface area contributed by atoms with E-state index in [4.69, 9.17) is 4.74 Å². The molecule has 5 nitrogen and oxygen atoms in total. The molecule has 6 heteroatoms. The number of ether oxygens (including phenoxy) is 1. The van der Waals surface area contributed by atoms with Crippen LogP contribution in [0.2, 0.25) is 0 Å². The van der Waals surface area contributed by atoms with Crippen LogP contribution in [0.1, 0.15) is 71.2 Å². The highest BCUT2D eigenvalue weighted by Gasteiger charge is 2.35. The summed E-state index contributed by atoms with van der Waals surface area (Å²) in [5.41, 5.74) is 10.7. The lowest BCUT2D eigenvalue weighted by Gasteiger charge is -2.26. The Kier molecular flexibility index (Phi) is 5.50. The van der Waals surface area contributed by atoms with Crippen LogP contribution < -0.4 is 10.9 Å². The van der Waals surface area contributed by atoms with Crippen LogP contribution in [-0.4, -0.2) is 17.0 Å². The first-order valence-corrected chi connectivity index (χ1v) is 10.5. The van der Waals surface area contributed by atoms with Crippen molar-refractivity contribution in [3.63, 3.8) is 0 Å². The molecule has 1 aromatic heterocycles. The zero-order chi connectivity index (χ0) is 19.0. The quantitative estimate of drug-likeness (QED) is 0.616. The van der Waals surface area contributed by atoms with Crippen molar-refractivity contribution >= 4 is 21.7 Å². The van der Waals surface area contributed by atoms with Crippen LogP contribution >= 0.6 is 15.9 Å². The van der Waals surface area contributed by atoms with Crippen LogP contribution in [0.25, 0.3) is 0 Å². The Bertz CT molecular complexity index is 842. The van der Waals surface area contributed by atoms with Crippen molar-refractivity contribution in [2.45, 2.75) is 58.4 Å².